The predicted octanol–water partition coefficient (Wildman–Crippen LogP) is 1.88. The first-order valence-electron chi connectivity index (χ1n) is 4.99. The lowest BCUT2D eigenvalue weighted by molar-refractivity contribution is 0.506. The second-order valence-corrected chi connectivity index (χ2v) is 3.61. The van der Waals surface area contributed by atoms with E-state index in [1.54, 1.807) is 6.26 Å². The minimum absolute atomic E-state index is 0.820. The third-order valence-corrected chi connectivity index (χ3v) is 2.75. The zero-order chi connectivity index (χ0) is 10.3. The number of hydrogen-bond acceptors (Lipinski definition) is 4. The van der Waals surface area contributed by atoms with Gasteiger partial charge < -0.3 is 9.73 Å². The molecule has 2 aromatic rings. The van der Waals surface area contributed by atoms with E-state index in [9.17, 15) is 0 Å². The summed E-state index contributed by atoms with van der Waals surface area (Å²) in [4.78, 5) is 0. The number of fused-ring (bicyclic) bond motifs is 3. The van der Waals surface area contributed by atoms with Gasteiger partial charge in [0.25, 0.3) is 0 Å². The van der Waals surface area contributed by atoms with Gasteiger partial charge in [0.1, 0.15) is 11.6 Å². The molecule has 2 heterocycles. The summed E-state index contributed by atoms with van der Waals surface area (Å²) in [5.41, 5.74) is 3.29. The standard InChI is InChI=1S/C11H11N3O/c1-12-10-6-7-2-3-9-8(4-5-15-9)11(7)14-13-10/h4-6H,2-3H2,1H3,(H,12,13). The van der Waals surface area contributed by atoms with Crippen molar-refractivity contribution in [3.63, 3.8) is 0 Å². The van der Waals surface area contributed by atoms with Crippen molar-refractivity contribution in [1.82, 2.24) is 10.2 Å². The van der Waals surface area contributed by atoms with Gasteiger partial charge in [-0.1, -0.05) is 0 Å². The van der Waals surface area contributed by atoms with Crippen LogP contribution in [0.3, 0.4) is 0 Å². The molecule has 0 atom stereocenters. The molecule has 76 valence electrons. The Kier molecular flexibility index (Phi) is 1.74. The van der Waals surface area contributed by atoms with Crippen molar-refractivity contribution in [3.05, 3.63) is 29.7 Å². The lowest BCUT2D eigenvalue weighted by Gasteiger charge is -2.13. The number of nitrogens with one attached hydrogen (secondary N) is 1. The van der Waals surface area contributed by atoms with Crippen molar-refractivity contribution in [3.8, 4) is 11.3 Å². The Balaban J connectivity index is 2.18. The largest absolute Gasteiger partial charge is 0.469 e. The molecule has 1 N–H and O–H groups in total. The maximum atomic E-state index is 5.39. The summed E-state index contributed by atoms with van der Waals surface area (Å²) in [7, 11) is 1.85. The van der Waals surface area contributed by atoms with E-state index in [1.165, 1.54) is 5.56 Å². The Morgan fingerprint density at radius 3 is 3.13 bits per heavy atom. The van der Waals surface area contributed by atoms with Crippen LogP contribution < -0.4 is 5.32 Å². The highest BCUT2D eigenvalue weighted by Gasteiger charge is 2.20. The molecule has 0 aromatic carbocycles. The molecule has 4 heteroatoms. The van der Waals surface area contributed by atoms with Crippen LogP contribution in [0.5, 0.6) is 0 Å². The Hall–Kier alpha value is -1.84. The van der Waals surface area contributed by atoms with Gasteiger partial charge in [-0.25, -0.2) is 0 Å². The fraction of sp³-hybridized carbons (Fsp3) is 0.273. The molecule has 0 radical (unpaired) electrons. The molecular weight excluding hydrogens is 190 g/mol. The fourth-order valence-corrected chi connectivity index (χ4v) is 1.96. The SMILES string of the molecule is CNc1cc2c(nn1)-c1ccoc1CC2. The highest BCUT2D eigenvalue weighted by Crippen LogP contribution is 2.32. The van der Waals surface area contributed by atoms with Gasteiger partial charge >= 0.3 is 0 Å². The van der Waals surface area contributed by atoms with E-state index < -0.39 is 0 Å². The fourth-order valence-electron chi connectivity index (χ4n) is 1.96. The van der Waals surface area contributed by atoms with E-state index in [2.05, 4.69) is 21.6 Å². The first-order chi connectivity index (χ1) is 7.38. The summed E-state index contributed by atoms with van der Waals surface area (Å²) in [6, 6.07) is 4.01. The summed E-state index contributed by atoms with van der Waals surface area (Å²) in [6.07, 6.45) is 3.64. The van der Waals surface area contributed by atoms with Crippen LogP contribution in [-0.2, 0) is 12.8 Å². The summed E-state index contributed by atoms with van der Waals surface area (Å²) in [5.74, 6) is 1.84. The number of hydrogen-bond donors (Lipinski definition) is 1. The van der Waals surface area contributed by atoms with Crippen LogP contribution in [0.25, 0.3) is 11.3 Å². The highest BCUT2D eigenvalue weighted by atomic mass is 16.3. The number of aromatic nitrogens is 2. The van der Waals surface area contributed by atoms with Crippen LogP contribution >= 0.6 is 0 Å². The lowest BCUT2D eigenvalue weighted by atomic mass is 9.95. The monoisotopic (exact) mass is 201 g/mol. The summed E-state index contributed by atoms with van der Waals surface area (Å²) < 4.78 is 5.39. The number of aryl methyl sites for hydroxylation is 2. The van der Waals surface area contributed by atoms with Crippen LogP contribution in [0, 0.1) is 0 Å². The number of rotatable bonds is 1. The van der Waals surface area contributed by atoms with Crippen molar-refractivity contribution < 1.29 is 4.42 Å². The zero-order valence-corrected chi connectivity index (χ0v) is 8.45. The smallest absolute Gasteiger partial charge is 0.148 e. The van der Waals surface area contributed by atoms with Crippen molar-refractivity contribution in [2.24, 2.45) is 0 Å². The van der Waals surface area contributed by atoms with Gasteiger partial charge in [0.05, 0.1) is 12.0 Å². The molecule has 0 saturated carbocycles. The minimum Gasteiger partial charge on any atom is -0.469 e. The summed E-state index contributed by atoms with van der Waals surface area (Å²) in [6.45, 7) is 0. The molecule has 15 heavy (non-hydrogen) atoms. The second-order valence-electron chi connectivity index (χ2n) is 3.61. The first-order valence-corrected chi connectivity index (χ1v) is 4.99. The molecule has 0 spiro atoms. The van der Waals surface area contributed by atoms with Crippen LogP contribution in [0.1, 0.15) is 11.3 Å². The third-order valence-electron chi connectivity index (χ3n) is 2.75. The van der Waals surface area contributed by atoms with Crippen molar-refractivity contribution in [2.45, 2.75) is 12.8 Å². The Labute approximate surface area is 87.3 Å². The van der Waals surface area contributed by atoms with E-state index in [1.807, 2.05) is 13.1 Å². The van der Waals surface area contributed by atoms with E-state index in [4.69, 9.17) is 4.42 Å². The normalized spacial score (nSPS) is 13.1. The average molecular weight is 201 g/mol. The van der Waals surface area contributed by atoms with Gasteiger partial charge in [0.15, 0.2) is 0 Å². The molecule has 2 aromatic heterocycles. The van der Waals surface area contributed by atoms with Crippen molar-refractivity contribution in [1.29, 1.82) is 0 Å². The molecule has 4 nitrogen and oxygen atoms in total. The molecule has 0 aliphatic heterocycles. The molecule has 1 aliphatic carbocycles. The van der Waals surface area contributed by atoms with E-state index in [0.717, 1.165) is 35.7 Å². The van der Waals surface area contributed by atoms with Gasteiger partial charge in [-0.15, -0.1) is 10.2 Å². The number of furan rings is 1. The van der Waals surface area contributed by atoms with Gasteiger partial charge in [-0.05, 0) is 24.1 Å². The van der Waals surface area contributed by atoms with Crippen LogP contribution in [0.2, 0.25) is 0 Å². The molecule has 1 aliphatic rings. The number of anilines is 1. The molecule has 0 amide bonds. The molecule has 0 unspecified atom stereocenters. The van der Waals surface area contributed by atoms with Gasteiger partial charge in [-0.3, -0.25) is 0 Å². The Morgan fingerprint density at radius 1 is 1.33 bits per heavy atom. The first kappa shape index (κ1) is 8.47. The van der Waals surface area contributed by atoms with Crippen LogP contribution in [-0.4, -0.2) is 17.2 Å². The Bertz CT molecular complexity index is 504. The highest BCUT2D eigenvalue weighted by molar-refractivity contribution is 5.68. The molecular formula is C11H11N3O. The average Bonchev–Trinajstić information content (AvgIpc) is 2.76. The summed E-state index contributed by atoms with van der Waals surface area (Å²) >= 11 is 0. The third kappa shape index (κ3) is 1.21. The zero-order valence-electron chi connectivity index (χ0n) is 8.45. The van der Waals surface area contributed by atoms with Crippen molar-refractivity contribution >= 4 is 5.82 Å². The number of nitrogens with zero attached hydrogens (tertiary/aromatic N) is 2. The molecule has 3 rings (SSSR count). The lowest BCUT2D eigenvalue weighted by Crippen LogP contribution is -2.06. The van der Waals surface area contributed by atoms with Crippen LogP contribution in [0.4, 0.5) is 5.82 Å². The van der Waals surface area contributed by atoms with Crippen LogP contribution in [0.15, 0.2) is 22.8 Å². The molecule has 0 fully saturated rings. The predicted molar refractivity (Wildman–Crippen MR) is 56.7 cm³/mol. The maximum absolute atomic E-state index is 5.39. The van der Waals surface area contributed by atoms with Gasteiger partial charge in [0, 0.05) is 19.0 Å². The molecule has 0 bridgehead atoms. The van der Waals surface area contributed by atoms with E-state index in [0.29, 0.717) is 0 Å². The minimum atomic E-state index is 0.820. The maximum Gasteiger partial charge on any atom is 0.148 e. The quantitative estimate of drug-likeness (QED) is 0.765. The topological polar surface area (TPSA) is 51.0 Å². The van der Waals surface area contributed by atoms with Gasteiger partial charge in [-0.2, -0.15) is 0 Å². The Morgan fingerprint density at radius 2 is 2.27 bits per heavy atom. The second kappa shape index (κ2) is 3.08. The van der Waals surface area contributed by atoms with E-state index >= 15 is 0 Å². The van der Waals surface area contributed by atoms with Gasteiger partial charge in [0.2, 0.25) is 0 Å². The molecule has 0 saturated heterocycles. The summed E-state index contributed by atoms with van der Waals surface area (Å²) in [5, 5.41) is 11.3. The van der Waals surface area contributed by atoms with E-state index in [-0.39, 0.29) is 0 Å². The van der Waals surface area contributed by atoms with Crippen molar-refractivity contribution in [2.75, 3.05) is 12.4 Å².